The molecule has 0 aliphatic carbocycles. The largest absolute Gasteiger partial charge is 0.494 e. The Morgan fingerprint density at radius 3 is 2.62 bits per heavy atom. The summed E-state index contributed by atoms with van der Waals surface area (Å²) in [7, 11) is -2.00. The minimum absolute atomic E-state index is 0.0821. The zero-order chi connectivity index (χ0) is 23.9. The number of hydrogen-bond donors (Lipinski definition) is 0. The van der Waals surface area contributed by atoms with Crippen LogP contribution < -0.4 is 9.64 Å². The van der Waals surface area contributed by atoms with Crippen molar-refractivity contribution in [2.75, 3.05) is 44.7 Å². The highest BCUT2D eigenvalue weighted by atomic mass is 32.2. The SMILES string of the molecule is COc1ccc(C)c2sc(N3CCN(C(=O)C4CCCCN4S(=O)(=O)c4cccs4)CC3)nc12. The van der Waals surface area contributed by atoms with Gasteiger partial charge in [0, 0.05) is 32.7 Å². The van der Waals surface area contributed by atoms with E-state index in [-0.39, 0.29) is 5.91 Å². The summed E-state index contributed by atoms with van der Waals surface area (Å²) in [5, 5.41) is 2.68. The lowest BCUT2D eigenvalue weighted by atomic mass is 10.0. The van der Waals surface area contributed by atoms with Crippen LogP contribution >= 0.6 is 22.7 Å². The molecule has 2 fully saturated rings. The molecule has 5 rings (SSSR count). The van der Waals surface area contributed by atoms with Gasteiger partial charge in [0.05, 0.1) is 11.8 Å². The lowest BCUT2D eigenvalue weighted by Crippen LogP contribution is -2.57. The first-order valence-corrected chi connectivity index (χ1v) is 14.6. The molecule has 0 radical (unpaired) electrons. The highest BCUT2D eigenvalue weighted by Gasteiger charge is 2.40. The van der Waals surface area contributed by atoms with Gasteiger partial charge in [0.25, 0.3) is 10.0 Å². The van der Waals surface area contributed by atoms with Crippen LogP contribution in [0.2, 0.25) is 0 Å². The number of thiophene rings is 1. The number of piperidine rings is 1. The van der Waals surface area contributed by atoms with Gasteiger partial charge < -0.3 is 14.5 Å². The third kappa shape index (κ3) is 4.19. The van der Waals surface area contributed by atoms with Gasteiger partial charge >= 0.3 is 0 Å². The molecule has 2 aromatic heterocycles. The number of carbonyl (C=O) groups is 1. The Hall–Kier alpha value is -2.21. The molecular weight excluding hydrogens is 492 g/mol. The summed E-state index contributed by atoms with van der Waals surface area (Å²) in [6, 6.07) is 6.71. The summed E-state index contributed by atoms with van der Waals surface area (Å²) >= 11 is 2.84. The van der Waals surface area contributed by atoms with Crippen molar-refractivity contribution in [2.45, 2.75) is 36.4 Å². The number of amides is 1. The van der Waals surface area contributed by atoms with Crippen LogP contribution in [0.15, 0.2) is 33.9 Å². The fourth-order valence-electron chi connectivity index (χ4n) is 4.69. The number of carbonyl (C=O) groups excluding carboxylic acids is 1. The van der Waals surface area contributed by atoms with Crippen molar-refractivity contribution in [3.05, 3.63) is 35.2 Å². The molecular formula is C23H28N4O4S3. The van der Waals surface area contributed by atoms with Gasteiger partial charge in [0.15, 0.2) is 5.13 Å². The van der Waals surface area contributed by atoms with Gasteiger partial charge in [-0.1, -0.05) is 29.9 Å². The second-order valence-electron chi connectivity index (χ2n) is 8.63. The number of anilines is 1. The van der Waals surface area contributed by atoms with Crippen LogP contribution in [-0.2, 0) is 14.8 Å². The number of nitrogens with zero attached hydrogens (tertiary/aromatic N) is 4. The Morgan fingerprint density at radius 1 is 1.12 bits per heavy atom. The molecule has 4 heterocycles. The number of fused-ring (bicyclic) bond motifs is 1. The number of piperazine rings is 1. The van der Waals surface area contributed by atoms with Crippen molar-refractivity contribution in [1.82, 2.24) is 14.2 Å². The summed E-state index contributed by atoms with van der Waals surface area (Å²) in [4.78, 5) is 22.3. The third-order valence-electron chi connectivity index (χ3n) is 6.57. The summed E-state index contributed by atoms with van der Waals surface area (Å²) < 4.78 is 34.7. The first kappa shape index (κ1) is 23.5. The molecule has 1 amide bonds. The van der Waals surface area contributed by atoms with Gasteiger partial charge in [-0.05, 0) is 42.8 Å². The van der Waals surface area contributed by atoms with Gasteiger partial charge in [0.1, 0.15) is 21.5 Å². The zero-order valence-corrected chi connectivity index (χ0v) is 21.7. The van der Waals surface area contributed by atoms with Gasteiger partial charge in [-0.15, -0.1) is 11.3 Å². The van der Waals surface area contributed by atoms with Crippen molar-refractivity contribution in [3.63, 3.8) is 0 Å². The van der Waals surface area contributed by atoms with Crippen molar-refractivity contribution in [2.24, 2.45) is 0 Å². The van der Waals surface area contributed by atoms with E-state index in [9.17, 15) is 13.2 Å². The molecule has 182 valence electrons. The van der Waals surface area contributed by atoms with Crippen LogP contribution in [-0.4, -0.2) is 74.4 Å². The Balaban J connectivity index is 1.30. The zero-order valence-electron chi connectivity index (χ0n) is 19.3. The molecule has 1 atom stereocenters. The monoisotopic (exact) mass is 520 g/mol. The summed E-state index contributed by atoms with van der Waals surface area (Å²) in [5.74, 6) is 0.683. The van der Waals surface area contributed by atoms with Gasteiger partial charge in [-0.2, -0.15) is 4.31 Å². The summed E-state index contributed by atoms with van der Waals surface area (Å²) in [6.07, 6.45) is 2.21. The number of hydrogen-bond acceptors (Lipinski definition) is 8. The molecule has 34 heavy (non-hydrogen) atoms. The minimum Gasteiger partial charge on any atom is -0.494 e. The van der Waals surface area contributed by atoms with Crippen LogP contribution in [0.4, 0.5) is 5.13 Å². The topological polar surface area (TPSA) is 83.0 Å². The number of rotatable bonds is 5. The Kier molecular flexibility index (Phi) is 6.54. The van der Waals surface area contributed by atoms with Crippen molar-refractivity contribution in [1.29, 1.82) is 0 Å². The van der Waals surface area contributed by atoms with Crippen molar-refractivity contribution >= 4 is 54.0 Å². The quantitative estimate of drug-likeness (QED) is 0.512. The molecule has 0 bridgehead atoms. The molecule has 1 unspecified atom stereocenters. The average molecular weight is 521 g/mol. The number of aryl methyl sites for hydroxylation is 1. The molecule has 0 N–H and O–H groups in total. The van der Waals surface area contributed by atoms with Crippen LogP contribution in [0.5, 0.6) is 5.75 Å². The highest BCUT2D eigenvalue weighted by Crippen LogP contribution is 2.37. The van der Waals surface area contributed by atoms with E-state index in [2.05, 4.69) is 11.8 Å². The smallest absolute Gasteiger partial charge is 0.253 e. The van der Waals surface area contributed by atoms with Gasteiger partial charge in [-0.25, -0.2) is 13.4 Å². The molecule has 2 saturated heterocycles. The Morgan fingerprint density at radius 2 is 1.91 bits per heavy atom. The van der Waals surface area contributed by atoms with E-state index >= 15 is 0 Å². The van der Waals surface area contributed by atoms with Crippen LogP contribution in [0.1, 0.15) is 24.8 Å². The number of sulfonamides is 1. The first-order valence-electron chi connectivity index (χ1n) is 11.4. The predicted octanol–water partition coefficient (Wildman–Crippen LogP) is 3.57. The summed E-state index contributed by atoms with van der Waals surface area (Å²) in [5.41, 5.74) is 2.04. The Bertz CT molecular complexity index is 1280. The normalized spacial score (nSPS) is 20.1. The first-order chi connectivity index (χ1) is 16.4. The average Bonchev–Trinajstić information content (AvgIpc) is 3.56. The standard InChI is InChI=1S/C23H28N4O4S3/c1-16-8-9-18(31-2)20-21(16)33-23(24-20)26-13-11-25(12-14-26)22(28)17-6-3-4-10-27(17)34(29,30)19-7-5-15-32-19/h5,7-9,15,17H,3-4,6,10-14H2,1-2H3. The van der Waals surface area contributed by atoms with E-state index in [4.69, 9.17) is 9.72 Å². The molecule has 2 aliphatic heterocycles. The van der Waals surface area contributed by atoms with E-state index < -0.39 is 16.1 Å². The lowest BCUT2D eigenvalue weighted by molar-refractivity contribution is -0.136. The minimum atomic E-state index is -3.66. The number of ether oxygens (including phenoxy) is 1. The maximum atomic E-state index is 13.5. The van der Waals surface area contributed by atoms with Crippen molar-refractivity contribution in [3.8, 4) is 5.75 Å². The third-order valence-corrected chi connectivity index (χ3v) is 11.1. The predicted molar refractivity (Wildman–Crippen MR) is 136 cm³/mol. The van der Waals surface area contributed by atoms with Gasteiger partial charge in [-0.3, -0.25) is 4.79 Å². The second-order valence-corrected chi connectivity index (χ2v) is 12.7. The fraction of sp³-hybridized carbons (Fsp3) is 0.478. The molecule has 11 heteroatoms. The van der Waals surface area contributed by atoms with E-state index in [1.54, 1.807) is 36.0 Å². The molecule has 1 aromatic carbocycles. The van der Waals surface area contributed by atoms with Crippen LogP contribution in [0.3, 0.4) is 0 Å². The lowest BCUT2D eigenvalue weighted by Gasteiger charge is -2.40. The van der Waals surface area contributed by atoms with E-state index in [1.165, 1.54) is 15.6 Å². The Labute approximate surface area is 207 Å². The number of methoxy groups -OCH3 is 1. The van der Waals surface area contributed by atoms with Crippen LogP contribution in [0.25, 0.3) is 10.2 Å². The van der Waals surface area contributed by atoms with Crippen LogP contribution in [0, 0.1) is 6.92 Å². The maximum absolute atomic E-state index is 13.5. The number of thiazole rings is 1. The van der Waals surface area contributed by atoms with E-state index in [1.807, 2.05) is 17.0 Å². The molecule has 8 nitrogen and oxygen atoms in total. The second kappa shape index (κ2) is 9.44. The molecule has 0 saturated carbocycles. The highest BCUT2D eigenvalue weighted by molar-refractivity contribution is 7.91. The molecule has 0 spiro atoms. The number of aromatic nitrogens is 1. The fourth-order valence-corrected chi connectivity index (χ4v) is 8.57. The summed E-state index contributed by atoms with van der Waals surface area (Å²) in [6.45, 7) is 4.89. The van der Waals surface area contributed by atoms with E-state index in [0.29, 0.717) is 43.4 Å². The van der Waals surface area contributed by atoms with E-state index in [0.717, 1.165) is 39.5 Å². The van der Waals surface area contributed by atoms with Gasteiger partial charge in [0.2, 0.25) is 5.91 Å². The number of benzene rings is 1. The molecule has 2 aliphatic rings. The van der Waals surface area contributed by atoms with Crippen molar-refractivity contribution < 1.29 is 17.9 Å². The molecule has 3 aromatic rings. The maximum Gasteiger partial charge on any atom is 0.253 e.